The molecule has 1 heterocycles. The van der Waals surface area contributed by atoms with Gasteiger partial charge in [0.05, 0.1) is 4.90 Å². The van der Waals surface area contributed by atoms with Gasteiger partial charge in [0, 0.05) is 37.4 Å². The highest BCUT2D eigenvalue weighted by molar-refractivity contribution is 7.92. The van der Waals surface area contributed by atoms with Gasteiger partial charge in [0.1, 0.15) is 0 Å². The second-order valence-electron chi connectivity index (χ2n) is 6.78. The third-order valence-electron chi connectivity index (χ3n) is 4.80. The Bertz CT molecular complexity index is 902. The zero-order valence-electron chi connectivity index (χ0n) is 15.7. The van der Waals surface area contributed by atoms with Gasteiger partial charge >= 0.3 is 0 Å². The molecule has 144 valence electrons. The Morgan fingerprint density at radius 2 is 1.70 bits per heavy atom. The lowest BCUT2D eigenvalue weighted by Gasteiger charge is -2.32. The number of amides is 1. The molecule has 0 atom stereocenters. The zero-order valence-corrected chi connectivity index (χ0v) is 16.5. The number of anilines is 1. The van der Waals surface area contributed by atoms with Gasteiger partial charge in [0.25, 0.3) is 15.9 Å². The number of nitrogens with zero attached hydrogens (tertiary/aromatic N) is 2. The van der Waals surface area contributed by atoms with Crippen molar-refractivity contribution >= 4 is 21.6 Å². The number of benzene rings is 2. The Hall–Kier alpha value is -2.38. The Labute approximate surface area is 160 Å². The molecule has 2 aromatic rings. The summed E-state index contributed by atoms with van der Waals surface area (Å²) in [4.78, 5) is 16.7. The van der Waals surface area contributed by atoms with Gasteiger partial charge in [0.15, 0.2) is 0 Å². The van der Waals surface area contributed by atoms with Crippen LogP contribution in [0, 0.1) is 0 Å². The van der Waals surface area contributed by atoms with E-state index < -0.39 is 10.0 Å². The molecule has 2 aromatic carbocycles. The molecule has 1 fully saturated rings. The van der Waals surface area contributed by atoms with Gasteiger partial charge in [0.2, 0.25) is 0 Å². The Kier molecular flexibility index (Phi) is 5.82. The molecule has 27 heavy (non-hydrogen) atoms. The summed E-state index contributed by atoms with van der Waals surface area (Å²) in [6.07, 6.45) is 0.892. The van der Waals surface area contributed by atoms with Crippen molar-refractivity contribution < 1.29 is 13.2 Å². The van der Waals surface area contributed by atoms with Crippen molar-refractivity contribution in [1.82, 2.24) is 9.80 Å². The van der Waals surface area contributed by atoms with Crippen LogP contribution in [0.2, 0.25) is 0 Å². The standard InChI is InChI=1S/C20H25N3O3S/c1-3-16-7-9-18(10-8-16)21-27(25,26)19-6-4-5-17(15-19)20(24)23-13-11-22(2)12-14-23/h4-10,15,21H,3,11-14H2,1-2H3. The Morgan fingerprint density at radius 3 is 2.33 bits per heavy atom. The van der Waals surface area contributed by atoms with Crippen LogP contribution >= 0.6 is 0 Å². The van der Waals surface area contributed by atoms with E-state index in [1.54, 1.807) is 29.2 Å². The highest BCUT2D eigenvalue weighted by Gasteiger charge is 2.22. The minimum atomic E-state index is -3.76. The molecule has 0 aromatic heterocycles. The van der Waals surface area contributed by atoms with Crippen molar-refractivity contribution in [2.24, 2.45) is 0 Å². The molecule has 7 heteroatoms. The lowest BCUT2D eigenvalue weighted by molar-refractivity contribution is 0.0664. The largest absolute Gasteiger partial charge is 0.336 e. The third kappa shape index (κ3) is 4.67. The molecule has 0 spiro atoms. The summed E-state index contributed by atoms with van der Waals surface area (Å²) in [6.45, 7) is 4.98. The average molecular weight is 388 g/mol. The fourth-order valence-corrected chi connectivity index (χ4v) is 4.12. The SMILES string of the molecule is CCc1ccc(NS(=O)(=O)c2cccc(C(=O)N3CCN(C)CC3)c2)cc1. The molecule has 0 radical (unpaired) electrons. The zero-order chi connectivity index (χ0) is 19.4. The van der Waals surface area contributed by atoms with E-state index in [2.05, 4.69) is 9.62 Å². The number of rotatable bonds is 5. The Balaban J connectivity index is 1.77. The Morgan fingerprint density at radius 1 is 1.04 bits per heavy atom. The molecule has 1 aliphatic heterocycles. The van der Waals surface area contributed by atoms with Crippen molar-refractivity contribution in [3.63, 3.8) is 0 Å². The second-order valence-corrected chi connectivity index (χ2v) is 8.46. The van der Waals surface area contributed by atoms with Crippen molar-refractivity contribution in [2.75, 3.05) is 37.9 Å². The third-order valence-corrected chi connectivity index (χ3v) is 6.18. The molecule has 6 nitrogen and oxygen atoms in total. The molecule has 1 aliphatic rings. The second kappa shape index (κ2) is 8.10. The van der Waals surface area contributed by atoms with Crippen LogP contribution in [-0.4, -0.2) is 57.4 Å². The number of carbonyl (C=O) groups is 1. The quantitative estimate of drug-likeness (QED) is 0.856. The van der Waals surface area contributed by atoms with E-state index >= 15 is 0 Å². The van der Waals surface area contributed by atoms with Gasteiger partial charge in [-0.2, -0.15) is 0 Å². The van der Waals surface area contributed by atoms with E-state index in [-0.39, 0.29) is 10.8 Å². The van der Waals surface area contributed by atoms with E-state index in [1.165, 1.54) is 12.1 Å². The van der Waals surface area contributed by atoms with Crippen molar-refractivity contribution in [1.29, 1.82) is 0 Å². The van der Waals surface area contributed by atoms with Crippen LogP contribution in [0.25, 0.3) is 0 Å². The van der Waals surface area contributed by atoms with Gasteiger partial charge in [-0.1, -0.05) is 25.1 Å². The first-order chi connectivity index (χ1) is 12.9. The van der Waals surface area contributed by atoms with Crippen molar-refractivity contribution in [3.05, 3.63) is 59.7 Å². The summed E-state index contributed by atoms with van der Waals surface area (Å²) < 4.78 is 28.0. The number of sulfonamides is 1. The van der Waals surface area contributed by atoms with Gasteiger partial charge in [-0.15, -0.1) is 0 Å². The number of hydrogen-bond donors (Lipinski definition) is 1. The number of piperazine rings is 1. The number of likely N-dealkylation sites (N-methyl/N-ethyl adjacent to an activating group) is 1. The van der Waals surface area contributed by atoms with Crippen LogP contribution < -0.4 is 4.72 Å². The van der Waals surface area contributed by atoms with Crippen LogP contribution in [0.5, 0.6) is 0 Å². The fourth-order valence-electron chi connectivity index (χ4n) is 3.01. The van der Waals surface area contributed by atoms with E-state index in [0.29, 0.717) is 24.3 Å². The maximum absolute atomic E-state index is 12.7. The van der Waals surface area contributed by atoms with Gasteiger partial charge in [-0.3, -0.25) is 9.52 Å². The van der Waals surface area contributed by atoms with Gasteiger partial charge in [-0.05, 0) is 49.4 Å². The number of nitrogens with one attached hydrogen (secondary N) is 1. The molecule has 1 N–H and O–H groups in total. The minimum Gasteiger partial charge on any atom is -0.336 e. The molecule has 0 unspecified atom stereocenters. The first kappa shape index (κ1) is 19.4. The lowest BCUT2D eigenvalue weighted by atomic mass is 10.2. The first-order valence-electron chi connectivity index (χ1n) is 9.08. The molecule has 1 saturated heterocycles. The summed E-state index contributed by atoms with van der Waals surface area (Å²) in [6, 6.07) is 13.5. The number of aryl methyl sites for hydroxylation is 1. The maximum Gasteiger partial charge on any atom is 0.261 e. The lowest BCUT2D eigenvalue weighted by Crippen LogP contribution is -2.47. The predicted octanol–water partition coefficient (Wildman–Crippen LogP) is 2.44. The number of hydrogen-bond acceptors (Lipinski definition) is 4. The predicted molar refractivity (Wildman–Crippen MR) is 106 cm³/mol. The topological polar surface area (TPSA) is 69.7 Å². The smallest absolute Gasteiger partial charge is 0.261 e. The molecule has 0 bridgehead atoms. The summed E-state index contributed by atoms with van der Waals surface area (Å²) in [7, 11) is -1.74. The van der Waals surface area contributed by atoms with Gasteiger partial charge < -0.3 is 9.80 Å². The summed E-state index contributed by atoms with van der Waals surface area (Å²) >= 11 is 0. The highest BCUT2D eigenvalue weighted by atomic mass is 32.2. The highest BCUT2D eigenvalue weighted by Crippen LogP contribution is 2.19. The van der Waals surface area contributed by atoms with Crippen molar-refractivity contribution in [2.45, 2.75) is 18.2 Å². The summed E-state index contributed by atoms with van der Waals surface area (Å²) in [5.74, 6) is -0.132. The summed E-state index contributed by atoms with van der Waals surface area (Å²) in [5, 5.41) is 0. The summed E-state index contributed by atoms with van der Waals surface area (Å²) in [5.41, 5.74) is 2.03. The van der Waals surface area contributed by atoms with Gasteiger partial charge in [-0.25, -0.2) is 8.42 Å². The van der Waals surface area contributed by atoms with Crippen molar-refractivity contribution in [3.8, 4) is 0 Å². The molecule has 3 rings (SSSR count). The molecular formula is C20H25N3O3S. The molecule has 1 amide bonds. The van der Waals surface area contributed by atoms with Crippen LogP contribution in [0.3, 0.4) is 0 Å². The van der Waals surface area contributed by atoms with E-state index in [9.17, 15) is 13.2 Å². The molecule has 0 saturated carbocycles. The molecular weight excluding hydrogens is 362 g/mol. The van der Waals surface area contributed by atoms with Crippen LogP contribution in [0.1, 0.15) is 22.8 Å². The van der Waals surface area contributed by atoms with E-state index in [1.807, 2.05) is 26.1 Å². The monoisotopic (exact) mass is 387 g/mol. The molecule has 0 aliphatic carbocycles. The minimum absolute atomic E-state index is 0.0852. The normalized spacial score (nSPS) is 15.6. The average Bonchev–Trinajstić information content (AvgIpc) is 2.68. The van der Waals surface area contributed by atoms with Crippen LogP contribution in [-0.2, 0) is 16.4 Å². The van der Waals surface area contributed by atoms with Crippen LogP contribution in [0.15, 0.2) is 53.4 Å². The first-order valence-corrected chi connectivity index (χ1v) is 10.6. The van der Waals surface area contributed by atoms with Crippen LogP contribution in [0.4, 0.5) is 5.69 Å². The maximum atomic E-state index is 12.7. The van der Waals surface area contributed by atoms with E-state index in [4.69, 9.17) is 0 Å². The fraction of sp³-hybridized carbons (Fsp3) is 0.350. The van der Waals surface area contributed by atoms with E-state index in [0.717, 1.165) is 25.1 Å². The number of carbonyl (C=O) groups excluding carboxylic acids is 1.